The van der Waals surface area contributed by atoms with Crippen molar-refractivity contribution in [2.75, 3.05) is 13.7 Å². The van der Waals surface area contributed by atoms with Crippen molar-refractivity contribution in [2.24, 2.45) is 0 Å². The summed E-state index contributed by atoms with van der Waals surface area (Å²) in [7, 11) is -0.550. The highest BCUT2D eigenvalue weighted by Crippen LogP contribution is 2.54. The van der Waals surface area contributed by atoms with Gasteiger partial charge in [-0.25, -0.2) is 0 Å². The van der Waals surface area contributed by atoms with Gasteiger partial charge in [0.15, 0.2) is 14.1 Å². The largest absolute Gasteiger partial charge is 0.469 e. The number of esters is 1. The Morgan fingerprint density at radius 1 is 0.913 bits per heavy atom. The first-order valence-electron chi connectivity index (χ1n) is 17.3. The molecule has 0 N–H and O–H groups in total. The molecule has 6 bridgehead atoms. The molecule has 0 saturated carbocycles. The number of hydrogen-bond acceptors (Lipinski definition) is 10. The quantitative estimate of drug-likeness (QED) is 0.237. The Morgan fingerprint density at radius 3 is 2.41 bits per heavy atom. The van der Waals surface area contributed by atoms with Gasteiger partial charge in [0.25, 0.3) is 0 Å². The Kier molecular flexibility index (Phi) is 9.21. The van der Waals surface area contributed by atoms with Crippen LogP contribution in [0.4, 0.5) is 0 Å². The molecule has 256 valence electrons. The number of benzene rings is 1. The average Bonchev–Trinajstić information content (AvgIpc) is 3.63. The highest BCUT2D eigenvalue weighted by molar-refractivity contribution is 6.74. The SMILES string of the molecule is COC(=O)C[C@H]1CC[C@@H]2O[C@@H]3[C@H]4O[C@H]5C[C@](CC[C@H]6C[C@H](OCc7ccccc7)[C@H](CO[Si](C)(C)C(C)(C)C)O6)(O[C@H]4[C@H]2O1)O[C@H]35. The maximum atomic E-state index is 12.0. The van der Waals surface area contributed by atoms with E-state index in [2.05, 4.69) is 46.0 Å². The summed E-state index contributed by atoms with van der Waals surface area (Å²) in [5, 5.41) is 0.114. The third-order valence-electron chi connectivity index (χ3n) is 11.5. The van der Waals surface area contributed by atoms with Crippen molar-refractivity contribution in [1.82, 2.24) is 0 Å². The molecule has 7 aliphatic rings. The molecule has 12 atom stereocenters. The standard InChI is InChI=1S/C35H52O10Si/c1-34(2,3)46(5,6)39-20-27-25(38-19-21-10-8-7-9-11-21)16-23(40-27)14-15-35-18-26-30(44-35)31-32(43-26)33(45-35)29-24(42-31)13-12-22(41-29)17-28(36)37-4/h7-11,22-27,29-33H,12-20H2,1-6H3/t22-,23+,24+,25+,26+,27+,29+,30+,31+,32-,33+,35+/m1/s1. The zero-order valence-electron chi connectivity index (χ0n) is 28.2. The predicted molar refractivity (Wildman–Crippen MR) is 170 cm³/mol. The normalized spacial score (nSPS) is 41.4. The van der Waals surface area contributed by atoms with Crippen LogP contribution in [0.15, 0.2) is 30.3 Å². The van der Waals surface area contributed by atoms with Gasteiger partial charge in [0.2, 0.25) is 0 Å². The number of fused-ring (bicyclic) bond motifs is 1. The summed E-state index contributed by atoms with van der Waals surface area (Å²) in [6, 6.07) is 10.3. The van der Waals surface area contributed by atoms with Crippen molar-refractivity contribution in [3.8, 4) is 0 Å². The van der Waals surface area contributed by atoms with Gasteiger partial charge in [-0.15, -0.1) is 0 Å². The minimum absolute atomic E-state index is 0.00711. The molecule has 0 aromatic heterocycles. The van der Waals surface area contributed by atoms with Crippen molar-refractivity contribution < 1.29 is 47.1 Å². The van der Waals surface area contributed by atoms with Gasteiger partial charge in [0.05, 0.1) is 57.3 Å². The molecule has 7 heterocycles. The molecule has 1 aromatic carbocycles. The zero-order chi connectivity index (χ0) is 32.3. The molecule has 0 aliphatic carbocycles. The minimum Gasteiger partial charge on any atom is -0.469 e. The zero-order valence-corrected chi connectivity index (χ0v) is 29.2. The molecule has 0 amide bonds. The predicted octanol–water partition coefficient (Wildman–Crippen LogP) is 5.06. The van der Waals surface area contributed by atoms with Gasteiger partial charge in [-0.3, -0.25) is 4.79 Å². The van der Waals surface area contributed by atoms with Crippen LogP contribution in [-0.4, -0.2) is 101 Å². The molecule has 0 unspecified atom stereocenters. The summed E-state index contributed by atoms with van der Waals surface area (Å²) in [4.78, 5) is 12.0. The highest BCUT2D eigenvalue weighted by atomic mass is 28.4. The molecule has 46 heavy (non-hydrogen) atoms. The van der Waals surface area contributed by atoms with Gasteiger partial charge in [0, 0.05) is 19.3 Å². The van der Waals surface area contributed by atoms with Crippen molar-refractivity contribution in [3.05, 3.63) is 35.9 Å². The van der Waals surface area contributed by atoms with E-state index in [0.717, 1.165) is 31.2 Å². The van der Waals surface area contributed by atoms with Crippen LogP contribution < -0.4 is 0 Å². The Labute approximate surface area is 274 Å². The van der Waals surface area contributed by atoms with Crippen LogP contribution >= 0.6 is 0 Å². The number of ether oxygens (including phenoxy) is 8. The van der Waals surface area contributed by atoms with Gasteiger partial charge < -0.3 is 42.3 Å². The lowest BCUT2D eigenvalue weighted by Crippen LogP contribution is -2.61. The Bertz CT molecular complexity index is 1220. The van der Waals surface area contributed by atoms with E-state index in [0.29, 0.717) is 26.1 Å². The van der Waals surface area contributed by atoms with E-state index in [-0.39, 0.29) is 84.6 Å². The molecular formula is C35H52O10Si. The van der Waals surface area contributed by atoms with Crippen LogP contribution in [0.2, 0.25) is 18.1 Å². The van der Waals surface area contributed by atoms with Crippen molar-refractivity contribution >= 4 is 14.3 Å². The molecular weight excluding hydrogens is 608 g/mol. The van der Waals surface area contributed by atoms with E-state index >= 15 is 0 Å². The molecule has 7 fully saturated rings. The van der Waals surface area contributed by atoms with E-state index < -0.39 is 14.1 Å². The number of rotatable bonds is 11. The van der Waals surface area contributed by atoms with E-state index in [1.165, 1.54) is 7.11 Å². The Morgan fingerprint density at radius 2 is 1.65 bits per heavy atom. The molecule has 0 radical (unpaired) electrons. The van der Waals surface area contributed by atoms with E-state index in [1.807, 2.05) is 18.2 Å². The van der Waals surface area contributed by atoms with Crippen molar-refractivity contribution in [3.63, 3.8) is 0 Å². The van der Waals surface area contributed by atoms with E-state index in [1.54, 1.807) is 0 Å². The lowest BCUT2D eigenvalue weighted by molar-refractivity contribution is -0.293. The molecule has 0 spiro atoms. The highest BCUT2D eigenvalue weighted by Gasteiger charge is 2.68. The smallest absolute Gasteiger partial charge is 0.308 e. The molecule has 11 heteroatoms. The Balaban J connectivity index is 1.02. The van der Waals surface area contributed by atoms with Crippen molar-refractivity contribution in [2.45, 2.75) is 163 Å². The second-order valence-corrected chi connectivity index (χ2v) is 20.4. The van der Waals surface area contributed by atoms with E-state index in [4.69, 9.17) is 42.3 Å². The van der Waals surface area contributed by atoms with E-state index in [9.17, 15) is 4.79 Å². The van der Waals surface area contributed by atoms with Gasteiger partial charge >= 0.3 is 5.97 Å². The summed E-state index contributed by atoms with van der Waals surface area (Å²) in [5.74, 6) is -1.06. The van der Waals surface area contributed by atoms with Gasteiger partial charge in [-0.1, -0.05) is 51.1 Å². The summed E-state index contributed by atoms with van der Waals surface area (Å²) in [5.41, 5.74) is 1.15. The van der Waals surface area contributed by atoms with Crippen LogP contribution in [-0.2, 0) is 53.7 Å². The monoisotopic (exact) mass is 660 g/mol. The Hall–Kier alpha value is -1.41. The summed E-state index contributed by atoms with van der Waals surface area (Å²) < 4.78 is 58.0. The number of hydrogen-bond donors (Lipinski definition) is 0. The molecule has 7 aliphatic heterocycles. The first kappa shape index (κ1) is 33.1. The van der Waals surface area contributed by atoms with Crippen LogP contribution in [0.1, 0.15) is 71.3 Å². The van der Waals surface area contributed by atoms with Crippen LogP contribution in [0.5, 0.6) is 0 Å². The summed E-state index contributed by atoms with van der Waals surface area (Å²) in [6.07, 6.45) is 2.85. The fraction of sp³-hybridized carbons (Fsp3) is 0.800. The second kappa shape index (κ2) is 12.8. The second-order valence-electron chi connectivity index (χ2n) is 15.6. The summed E-state index contributed by atoms with van der Waals surface area (Å²) >= 11 is 0. The topological polar surface area (TPSA) is 100 Å². The van der Waals surface area contributed by atoms with Crippen LogP contribution in [0.3, 0.4) is 0 Å². The fourth-order valence-electron chi connectivity index (χ4n) is 7.87. The van der Waals surface area contributed by atoms with Crippen LogP contribution in [0, 0.1) is 0 Å². The number of methoxy groups -OCH3 is 1. The third kappa shape index (κ3) is 6.48. The molecule has 8 rings (SSSR count). The molecule has 7 saturated heterocycles. The third-order valence-corrected chi connectivity index (χ3v) is 16.0. The van der Waals surface area contributed by atoms with Crippen LogP contribution in [0.25, 0.3) is 0 Å². The minimum atomic E-state index is -1.96. The maximum absolute atomic E-state index is 12.0. The van der Waals surface area contributed by atoms with Gasteiger partial charge in [0.1, 0.15) is 36.6 Å². The first-order valence-corrected chi connectivity index (χ1v) is 20.2. The molecule has 10 nitrogen and oxygen atoms in total. The van der Waals surface area contributed by atoms with Gasteiger partial charge in [-0.05, 0) is 43.0 Å². The number of carbonyl (C=O) groups is 1. The average molecular weight is 661 g/mol. The van der Waals surface area contributed by atoms with Gasteiger partial charge in [-0.2, -0.15) is 0 Å². The maximum Gasteiger partial charge on any atom is 0.308 e. The summed E-state index contributed by atoms with van der Waals surface area (Å²) in [6.45, 7) is 12.4. The first-order chi connectivity index (χ1) is 21.9. The molecule has 1 aromatic rings. The number of carbonyl (C=O) groups excluding carboxylic acids is 1. The fourth-order valence-corrected chi connectivity index (χ4v) is 8.89. The lowest BCUT2D eigenvalue weighted by Gasteiger charge is -2.47. The van der Waals surface area contributed by atoms with Crippen molar-refractivity contribution in [1.29, 1.82) is 0 Å². The lowest BCUT2D eigenvalue weighted by atomic mass is 9.87.